The zero-order valence-electron chi connectivity index (χ0n) is 13.5. The van der Waals surface area contributed by atoms with E-state index in [1.807, 2.05) is 30.3 Å². The standard InChI is InChI=1S/C18H16N4O3/c1-12-9-16(22-25-12)21-18(24)15-10-14(7-8-19-15)17(23)20-11-13-5-3-2-4-6-13/h2-10H,11H2,1H3,(H,20,23)(H,21,22,24). The number of carbonyl (C=O) groups excluding carboxylic acids is 2. The summed E-state index contributed by atoms with van der Waals surface area (Å²) < 4.78 is 4.89. The molecule has 2 amide bonds. The molecule has 7 nitrogen and oxygen atoms in total. The van der Waals surface area contributed by atoms with Crippen molar-refractivity contribution in [2.45, 2.75) is 13.5 Å². The number of anilines is 1. The van der Waals surface area contributed by atoms with Crippen LogP contribution in [0.1, 0.15) is 32.2 Å². The molecule has 0 aliphatic heterocycles. The summed E-state index contributed by atoms with van der Waals surface area (Å²) in [5.41, 5.74) is 1.46. The average molecular weight is 336 g/mol. The molecule has 3 aromatic rings. The number of rotatable bonds is 5. The number of pyridine rings is 1. The first-order valence-electron chi connectivity index (χ1n) is 7.64. The van der Waals surface area contributed by atoms with E-state index >= 15 is 0 Å². The van der Waals surface area contributed by atoms with Gasteiger partial charge in [0.25, 0.3) is 11.8 Å². The third kappa shape index (κ3) is 4.29. The molecule has 0 unspecified atom stereocenters. The molecular weight excluding hydrogens is 320 g/mol. The number of carbonyl (C=O) groups is 2. The minimum absolute atomic E-state index is 0.119. The van der Waals surface area contributed by atoms with Crippen molar-refractivity contribution in [3.63, 3.8) is 0 Å². The molecule has 2 aromatic heterocycles. The molecule has 0 radical (unpaired) electrons. The predicted molar refractivity (Wildman–Crippen MR) is 91.0 cm³/mol. The minimum Gasteiger partial charge on any atom is -0.360 e. The Morgan fingerprint density at radius 3 is 2.60 bits per heavy atom. The smallest absolute Gasteiger partial charge is 0.275 e. The van der Waals surface area contributed by atoms with Crippen LogP contribution in [0.3, 0.4) is 0 Å². The molecule has 7 heteroatoms. The van der Waals surface area contributed by atoms with Crippen LogP contribution in [0.15, 0.2) is 59.3 Å². The molecule has 3 rings (SSSR count). The van der Waals surface area contributed by atoms with Gasteiger partial charge in [0.05, 0.1) is 0 Å². The summed E-state index contributed by atoms with van der Waals surface area (Å²) in [6.45, 7) is 2.13. The van der Waals surface area contributed by atoms with Gasteiger partial charge in [-0.3, -0.25) is 14.6 Å². The molecule has 0 spiro atoms. The number of aryl methyl sites for hydroxylation is 1. The van der Waals surface area contributed by atoms with Gasteiger partial charge in [-0.25, -0.2) is 0 Å². The number of aromatic nitrogens is 2. The highest BCUT2D eigenvalue weighted by molar-refractivity contribution is 6.04. The fourth-order valence-corrected chi connectivity index (χ4v) is 2.18. The van der Waals surface area contributed by atoms with E-state index in [1.54, 1.807) is 19.1 Å². The van der Waals surface area contributed by atoms with Gasteiger partial charge in [-0.1, -0.05) is 35.5 Å². The first-order chi connectivity index (χ1) is 12.1. The highest BCUT2D eigenvalue weighted by Crippen LogP contribution is 2.10. The van der Waals surface area contributed by atoms with Crippen molar-refractivity contribution >= 4 is 17.6 Å². The van der Waals surface area contributed by atoms with Crippen molar-refractivity contribution in [1.82, 2.24) is 15.5 Å². The number of hydrogen-bond donors (Lipinski definition) is 2. The molecular formula is C18H16N4O3. The van der Waals surface area contributed by atoms with Crippen LogP contribution in [0.4, 0.5) is 5.82 Å². The Labute approximate surface area is 144 Å². The second-order valence-electron chi connectivity index (χ2n) is 5.37. The number of benzene rings is 1. The van der Waals surface area contributed by atoms with Gasteiger partial charge in [0.2, 0.25) is 0 Å². The van der Waals surface area contributed by atoms with Crippen LogP contribution in [0, 0.1) is 6.92 Å². The van der Waals surface area contributed by atoms with Crippen LogP contribution in [0.5, 0.6) is 0 Å². The molecule has 0 bridgehead atoms. The van der Waals surface area contributed by atoms with E-state index < -0.39 is 5.91 Å². The third-order valence-corrected chi connectivity index (χ3v) is 3.42. The second kappa shape index (κ2) is 7.39. The highest BCUT2D eigenvalue weighted by Gasteiger charge is 2.13. The number of amides is 2. The number of hydrogen-bond acceptors (Lipinski definition) is 5. The van der Waals surface area contributed by atoms with Crippen LogP contribution in [-0.2, 0) is 6.54 Å². The molecule has 0 saturated carbocycles. The first-order valence-corrected chi connectivity index (χ1v) is 7.64. The van der Waals surface area contributed by atoms with Crippen LogP contribution in [0.2, 0.25) is 0 Å². The Balaban J connectivity index is 1.66. The van der Waals surface area contributed by atoms with Crippen LogP contribution >= 0.6 is 0 Å². The topological polar surface area (TPSA) is 97.1 Å². The Hall–Kier alpha value is -3.48. The SMILES string of the molecule is Cc1cc(NC(=O)c2cc(C(=O)NCc3ccccc3)ccn2)no1. The lowest BCUT2D eigenvalue weighted by Crippen LogP contribution is -2.23. The van der Waals surface area contributed by atoms with E-state index in [-0.39, 0.29) is 11.6 Å². The van der Waals surface area contributed by atoms with Crippen LogP contribution in [-0.4, -0.2) is 22.0 Å². The van der Waals surface area contributed by atoms with E-state index in [0.29, 0.717) is 23.7 Å². The molecule has 0 aliphatic carbocycles. The third-order valence-electron chi connectivity index (χ3n) is 3.42. The Bertz CT molecular complexity index is 890. The average Bonchev–Trinajstić information content (AvgIpc) is 3.05. The second-order valence-corrected chi connectivity index (χ2v) is 5.37. The van der Waals surface area contributed by atoms with Crippen molar-refractivity contribution in [1.29, 1.82) is 0 Å². The Morgan fingerprint density at radius 2 is 1.88 bits per heavy atom. The van der Waals surface area contributed by atoms with Gasteiger partial charge >= 0.3 is 0 Å². The number of nitrogens with zero attached hydrogens (tertiary/aromatic N) is 2. The maximum atomic E-state index is 12.3. The van der Waals surface area contributed by atoms with Crippen molar-refractivity contribution < 1.29 is 14.1 Å². The lowest BCUT2D eigenvalue weighted by atomic mass is 10.2. The quantitative estimate of drug-likeness (QED) is 0.746. The monoisotopic (exact) mass is 336 g/mol. The zero-order valence-corrected chi connectivity index (χ0v) is 13.5. The van der Waals surface area contributed by atoms with Crippen LogP contribution < -0.4 is 10.6 Å². The van der Waals surface area contributed by atoms with Gasteiger partial charge in [-0.05, 0) is 24.6 Å². The molecule has 2 N–H and O–H groups in total. The maximum Gasteiger partial charge on any atom is 0.275 e. The largest absolute Gasteiger partial charge is 0.360 e. The zero-order chi connectivity index (χ0) is 17.6. The molecule has 1 aromatic carbocycles. The molecule has 126 valence electrons. The van der Waals surface area contributed by atoms with Gasteiger partial charge in [0.1, 0.15) is 11.5 Å². The van der Waals surface area contributed by atoms with Gasteiger partial charge in [0.15, 0.2) is 5.82 Å². The van der Waals surface area contributed by atoms with Crippen molar-refractivity contribution in [2.24, 2.45) is 0 Å². The summed E-state index contributed by atoms with van der Waals surface area (Å²) in [6.07, 6.45) is 1.42. The molecule has 0 atom stereocenters. The maximum absolute atomic E-state index is 12.3. The normalized spacial score (nSPS) is 10.3. The van der Waals surface area contributed by atoms with Crippen molar-refractivity contribution in [3.8, 4) is 0 Å². The molecule has 0 fully saturated rings. The van der Waals surface area contributed by atoms with E-state index in [2.05, 4.69) is 20.8 Å². The molecule has 25 heavy (non-hydrogen) atoms. The van der Waals surface area contributed by atoms with E-state index in [9.17, 15) is 9.59 Å². The van der Waals surface area contributed by atoms with Crippen molar-refractivity contribution in [3.05, 3.63) is 77.3 Å². The van der Waals surface area contributed by atoms with E-state index in [0.717, 1.165) is 5.56 Å². The van der Waals surface area contributed by atoms with Gasteiger partial charge < -0.3 is 15.2 Å². The fraction of sp³-hybridized carbons (Fsp3) is 0.111. The Kier molecular flexibility index (Phi) is 4.84. The van der Waals surface area contributed by atoms with Crippen LogP contribution in [0.25, 0.3) is 0 Å². The first kappa shape index (κ1) is 16.4. The van der Waals surface area contributed by atoms with E-state index in [1.165, 1.54) is 12.3 Å². The summed E-state index contributed by atoms with van der Waals surface area (Å²) in [5, 5.41) is 9.06. The summed E-state index contributed by atoms with van der Waals surface area (Å²) in [4.78, 5) is 28.4. The lowest BCUT2D eigenvalue weighted by molar-refractivity contribution is 0.0951. The molecule has 2 heterocycles. The fourth-order valence-electron chi connectivity index (χ4n) is 2.18. The number of nitrogens with one attached hydrogen (secondary N) is 2. The van der Waals surface area contributed by atoms with E-state index in [4.69, 9.17) is 4.52 Å². The predicted octanol–water partition coefficient (Wildman–Crippen LogP) is 2.56. The summed E-state index contributed by atoms with van der Waals surface area (Å²) in [5.74, 6) is 0.129. The van der Waals surface area contributed by atoms with Crippen molar-refractivity contribution in [2.75, 3.05) is 5.32 Å². The lowest BCUT2D eigenvalue weighted by Gasteiger charge is -2.06. The summed E-state index contributed by atoms with van der Waals surface area (Å²) >= 11 is 0. The van der Waals surface area contributed by atoms with Gasteiger partial charge in [0, 0.05) is 24.4 Å². The van der Waals surface area contributed by atoms with Gasteiger partial charge in [-0.2, -0.15) is 0 Å². The molecule has 0 aliphatic rings. The van der Waals surface area contributed by atoms with Gasteiger partial charge in [-0.15, -0.1) is 0 Å². The molecule has 0 saturated heterocycles. The summed E-state index contributed by atoms with van der Waals surface area (Å²) in [6, 6.07) is 14.1. The highest BCUT2D eigenvalue weighted by atomic mass is 16.5. The minimum atomic E-state index is -0.467. The Morgan fingerprint density at radius 1 is 1.08 bits per heavy atom. The summed E-state index contributed by atoms with van der Waals surface area (Å²) in [7, 11) is 0.